The maximum Gasteiger partial charge on any atom is 0.409 e. The molecule has 0 saturated carbocycles. The van der Waals surface area contributed by atoms with E-state index in [1.807, 2.05) is 4.90 Å². The highest BCUT2D eigenvalue weighted by Gasteiger charge is 2.34. The standard InChI is InChI=1S/C23H26N2O2/c26-23(25-11-5-6-16(14-25)17-12-24-13-17)27-15-22-20-9-3-1-7-18(20)19-8-2-4-10-21(19)22/h1-4,7-10,16-17,22,24H,5-6,11-15H2. The van der Waals surface area contributed by atoms with Gasteiger partial charge in [-0.2, -0.15) is 0 Å². The van der Waals surface area contributed by atoms with E-state index < -0.39 is 0 Å². The van der Waals surface area contributed by atoms with Gasteiger partial charge in [-0.05, 0) is 60.0 Å². The minimum absolute atomic E-state index is 0.137. The van der Waals surface area contributed by atoms with Gasteiger partial charge in [-0.15, -0.1) is 0 Å². The van der Waals surface area contributed by atoms with E-state index in [1.165, 1.54) is 28.7 Å². The van der Waals surface area contributed by atoms with Crippen LogP contribution in [0.4, 0.5) is 4.79 Å². The van der Waals surface area contributed by atoms with E-state index >= 15 is 0 Å². The Morgan fingerprint density at radius 2 is 1.67 bits per heavy atom. The molecule has 3 aliphatic rings. The van der Waals surface area contributed by atoms with E-state index in [0.29, 0.717) is 12.5 Å². The second-order valence-corrected chi connectivity index (χ2v) is 8.07. The average Bonchev–Trinajstić information content (AvgIpc) is 2.99. The van der Waals surface area contributed by atoms with Gasteiger partial charge in [0, 0.05) is 19.0 Å². The van der Waals surface area contributed by atoms with Crippen molar-refractivity contribution in [2.45, 2.75) is 18.8 Å². The number of likely N-dealkylation sites (tertiary alicyclic amines) is 1. The number of piperidine rings is 1. The molecule has 140 valence electrons. The fraction of sp³-hybridized carbons (Fsp3) is 0.435. The number of benzene rings is 2. The van der Waals surface area contributed by atoms with Crippen LogP contribution in [-0.2, 0) is 4.74 Å². The third kappa shape index (κ3) is 3.02. The minimum atomic E-state index is -0.145. The van der Waals surface area contributed by atoms with Gasteiger partial charge in [-0.3, -0.25) is 0 Å². The summed E-state index contributed by atoms with van der Waals surface area (Å²) in [5.74, 6) is 1.49. The van der Waals surface area contributed by atoms with E-state index in [4.69, 9.17) is 4.74 Å². The van der Waals surface area contributed by atoms with Crippen LogP contribution in [-0.4, -0.2) is 43.8 Å². The Hall–Kier alpha value is -2.33. The van der Waals surface area contributed by atoms with Crippen molar-refractivity contribution in [1.82, 2.24) is 10.2 Å². The minimum Gasteiger partial charge on any atom is -0.448 e. The number of rotatable bonds is 3. The van der Waals surface area contributed by atoms with Gasteiger partial charge in [0.15, 0.2) is 0 Å². The summed E-state index contributed by atoms with van der Waals surface area (Å²) in [6.45, 7) is 4.29. The van der Waals surface area contributed by atoms with E-state index in [-0.39, 0.29) is 12.0 Å². The van der Waals surface area contributed by atoms with Gasteiger partial charge in [0.05, 0.1) is 0 Å². The molecule has 1 N–H and O–H groups in total. The van der Waals surface area contributed by atoms with Crippen molar-refractivity contribution in [3.63, 3.8) is 0 Å². The maximum absolute atomic E-state index is 12.7. The van der Waals surface area contributed by atoms with E-state index in [0.717, 1.165) is 38.5 Å². The van der Waals surface area contributed by atoms with Crippen LogP contribution in [0.3, 0.4) is 0 Å². The van der Waals surface area contributed by atoms with Crippen LogP contribution in [0.2, 0.25) is 0 Å². The summed E-state index contributed by atoms with van der Waals surface area (Å²) in [6, 6.07) is 16.9. The summed E-state index contributed by atoms with van der Waals surface area (Å²) in [5, 5.41) is 3.35. The highest BCUT2D eigenvalue weighted by molar-refractivity contribution is 5.79. The smallest absolute Gasteiger partial charge is 0.409 e. The second-order valence-electron chi connectivity index (χ2n) is 8.07. The molecule has 4 heteroatoms. The van der Waals surface area contributed by atoms with Crippen molar-refractivity contribution in [2.75, 3.05) is 32.8 Å². The molecule has 2 fully saturated rings. The van der Waals surface area contributed by atoms with Gasteiger partial charge < -0.3 is 15.0 Å². The number of nitrogens with one attached hydrogen (secondary N) is 1. The Morgan fingerprint density at radius 1 is 1.00 bits per heavy atom. The van der Waals surface area contributed by atoms with Crippen LogP contribution in [0.1, 0.15) is 29.9 Å². The van der Waals surface area contributed by atoms with Crippen molar-refractivity contribution >= 4 is 6.09 Å². The Labute approximate surface area is 160 Å². The maximum atomic E-state index is 12.7. The Kier molecular flexibility index (Phi) is 4.36. The molecule has 1 unspecified atom stereocenters. The van der Waals surface area contributed by atoms with Crippen LogP contribution in [0.5, 0.6) is 0 Å². The van der Waals surface area contributed by atoms with Gasteiger partial charge in [-0.25, -0.2) is 4.79 Å². The Balaban J connectivity index is 1.28. The lowest BCUT2D eigenvalue weighted by atomic mass is 9.82. The van der Waals surface area contributed by atoms with Crippen molar-refractivity contribution in [2.24, 2.45) is 11.8 Å². The average molecular weight is 362 g/mol. The molecule has 2 heterocycles. The van der Waals surface area contributed by atoms with Gasteiger partial charge in [0.25, 0.3) is 0 Å². The number of hydrogen-bond acceptors (Lipinski definition) is 3. The Morgan fingerprint density at radius 3 is 2.30 bits per heavy atom. The molecule has 2 saturated heterocycles. The first kappa shape index (κ1) is 16.8. The Bertz CT molecular complexity index is 800. The number of carbonyl (C=O) groups excluding carboxylic acids is 1. The lowest BCUT2D eigenvalue weighted by molar-refractivity contribution is 0.0656. The summed E-state index contributed by atoms with van der Waals surface area (Å²) in [5.41, 5.74) is 5.07. The molecule has 0 aromatic heterocycles. The van der Waals surface area contributed by atoms with Gasteiger partial charge >= 0.3 is 6.09 Å². The van der Waals surface area contributed by atoms with Crippen LogP contribution in [0, 0.1) is 11.8 Å². The highest BCUT2D eigenvalue weighted by Crippen LogP contribution is 2.44. The molecule has 4 nitrogen and oxygen atoms in total. The molecule has 0 spiro atoms. The van der Waals surface area contributed by atoms with Crippen molar-refractivity contribution in [3.8, 4) is 11.1 Å². The van der Waals surface area contributed by atoms with Crippen LogP contribution < -0.4 is 5.32 Å². The molecular weight excluding hydrogens is 336 g/mol. The fourth-order valence-corrected chi connectivity index (χ4v) is 4.89. The molecule has 2 aromatic rings. The summed E-state index contributed by atoms with van der Waals surface area (Å²) < 4.78 is 5.83. The molecule has 5 rings (SSSR count). The van der Waals surface area contributed by atoms with Crippen LogP contribution >= 0.6 is 0 Å². The normalized spacial score (nSPS) is 22.1. The molecule has 0 bridgehead atoms. The topological polar surface area (TPSA) is 41.6 Å². The van der Waals surface area contributed by atoms with E-state index in [9.17, 15) is 4.79 Å². The molecule has 2 aliphatic heterocycles. The zero-order chi connectivity index (χ0) is 18.2. The van der Waals surface area contributed by atoms with E-state index in [1.54, 1.807) is 0 Å². The zero-order valence-corrected chi connectivity index (χ0v) is 15.6. The monoisotopic (exact) mass is 362 g/mol. The third-order valence-electron chi connectivity index (χ3n) is 6.53. The van der Waals surface area contributed by atoms with Crippen molar-refractivity contribution in [1.29, 1.82) is 0 Å². The molecule has 2 aromatic carbocycles. The number of fused-ring (bicyclic) bond motifs is 3. The third-order valence-corrected chi connectivity index (χ3v) is 6.53. The largest absolute Gasteiger partial charge is 0.448 e. The van der Waals surface area contributed by atoms with Crippen LogP contribution in [0.25, 0.3) is 11.1 Å². The summed E-state index contributed by atoms with van der Waals surface area (Å²) in [6.07, 6.45) is 2.18. The molecule has 1 amide bonds. The highest BCUT2D eigenvalue weighted by atomic mass is 16.6. The SMILES string of the molecule is O=C(OCC1c2ccccc2-c2ccccc21)N1CCCC(C2CNC2)C1. The molecule has 27 heavy (non-hydrogen) atoms. The first-order valence-corrected chi connectivity index (χ1v) is 10.1. The van der Waals surface area contributed by atoms with Crippen LogP contribution in [0.15, 0.2) is 48.5 Å². The summed E-state index contributed by atoms with van der Waals surface area (Å²) >= 11 is 0. The zero-order valence-electron chi connectivity index (χ0n) is 15.6. The second kappa shape index (κ2) is 7.01. The summed E-state index contributed by atoms with van der Waals surface area (Å²) in [7, 11) is 0. The molecular formula is C23H26N2O2. The fourth-order valence-electron chi connectivity index (χ4n) is 4.89. The summed E-state index contributed by atoms with van der Waals surface area (Å²) in [4.78, 5) is 14.7. The molecule has 1 aliphatic carbocycles. The predicted octanol–water partition coefficient (Wildman–Crippen LogP) is 3.87. The molecule has 0 radical (unpaired) electrons. The number of hydrogen-bond donors (Lipinski definition) is 1. The van der Waals surface area contributed by atoms with Gasteiger partial charge in [0.1, 0.15) is 6.61 Å². The number of nitrogens with zero attached hydrogens (tertiary/aromatic N) is 1. The van der Waals surface area contributed by atoms with E-state index in [2.05, 4.69) is 53.8 Å². The number of amides is 1. The molecule has 1 atom stereocenters. The first-order chi connectivity index (χ1) is 13.3. The predicted molar refractivity (Wildman–Crippen MR) is 106 cm³/mol. The number of ether oxygens (including phenoxy) is 1. The lowest BCUT2D eigenvalue weighted by Gasteiger charge is -2.40. The first-order valence-electron chi connectivity index (χ1n) is 10.1. The quantitative estimate of drug-likeness (QED) is 0.901. The van der Waals surface area contributed by atoms with Crippen molar-refractivity contribution in [3.05, 3.63) is 59.7 Å². The van der Waals surface area contributed by atoms with Gasteiger partial charge in [0.2, 0.25) is 0 Å². The number of carbonyl (C=O) groups is 1. The van der Waals surface area contributed by atoms with Crippen molar-refractivity contribution < 1.29 is 9.53 Å². The van der Waals surface area contributed by atoms with Gasteiger partial charge in [-0.1, -0.05) is 48.5 Å². The lowest BCUT2D eigenvalue weighted by Crippen LogP contribution is -2.51.